The maximum atomic E-state index is 12.0. The number of rotatable bonds is 9. The van der Waals surface area contributed by atoms with Crippen LogP contribution >= 0.6 is 11.3 Å². The van der Waals surface area contributed by atoms with Crippen LogP contribution < -0.4 is 10.9 Å². The number of aryl methyl sites for hydroxylation is 3. The van der Waals surface area contributed by atoms with E-state index in [0.29, 0.717) is 10.4 Å². The third kappa shape index (κ3) is 6.29. The Balaban J connectivity index is 1.73. The second-order valence-electron chi connectivity index (χ2n) is 6.59. The topological polar surface area (TPSA) is 96.1 Å². The predicted octanol–water partition coefficient (Wildman–Crippen LogP) is 2.99. The summed E-state index contributed by atoms with van der Waals surface area (Å²) in [5.41, 5.74) is 1.88. The number of H-pyrrole nitrogens is 1. The predicted molar refractivity (Wildman–Crippen MR) is 105 cm³/mol. The lowest BCUT2D eigenvalue weighted by atomic mass is 10.1. The van der Waals surface area contributed by atoms with Gasteiger partial charge in [-0.1, -0.05) is 0 Å². The maximum Gasteiger partial charge on any atom is 0.253 e. The summed E-state index contributed by atoms with van der Waals surface area (Å²) in [6.07, 6.45) is 0.442. The molecule has 144 valence electrons. The van der Waals surface area contributed by atoms with E-state index in [0.717, 1.165) is 16.1 Å². The van der Waals surface area contributed by atoms with Crippen LogP contribution in [0.3, 0.4) is 0 Å². The van der Waals surface area contributed by atoms with Crippen LogP contribution in [0.2, 0.25) is 0 Å². The van der Waals surface area contributed by atoms with Crippen LogP contribution in [0.15, 0.2) is 23.0 Å². The molecule has 0 aliphatic heterocycles. The number of carbonyl (C=O) groups excluding carboxylic acids is 3. The monoisotopic (exact) mass is 388 g/mol. The van der Waals surface area contributed by atoms with Gasteiger partial charge in [-0.05, 0) is 44.5 Å². The van der Waals surface area contributed by atoms with E-state index in [1.165, 1.54) is 11.3 Å². The molecule has 0 unspecified atom stereocenters. The Kier molecular flexibility index (Phi) is 7.24. The Morgan fingerprint density at radius 3 is 2.37 bits per heavy atom. The first-order valence-electron chi connectivity index (χ1n) is 8.83. The van der Waals surface area contributed by atoms with E-state index in [4.69, 9.17) is 0 Å². The molecule has 0 aromatic carbocycles. The van der Waals surface area contributed by atoms with E-state index in [9.17, 15) is 19.2 Å². The van der Waals surface area contributed by atoms with Crippen molar-refractivity contribution in [2.24, 2.45) is 0 Å². The van der Waals surface area contributed by atoms with Crippen LogP contribution in [0.5, 0.6) is 0 Å². The third-order valence-corrected chi connectivity index (χ3v) is 5.27. The first-order chi connectivity index (χ1) is 12.8. The van der Waals surface area contributed by atoms with Gasteiger partial charge in [-0.15, -0.1) is 11.3 Å². The lowest BCUT2D eigenvalue weighted by molar-refractivity contribution is -0.125. The third-order valence-electron chi connectivity index (χ3n) is 4.23. The van der Waals surface area contributed by atoms with Crippen LogP contribution in [0, 0.1) is 20.8 Å². The van der Waals surface area contributed by atoms with Crippen molar-refractivity contribution in [2.45, 2.75) is 53.0 Å². The number of thiophene rings is 1. The van der Waals surface area contributed by atoms with Crippen molar-refractivity contribution in [3.8, 4) is 0 Å². The lowest BCUT2D eigenvalue weighted by Gasteiger charge is -2.08. The number of hydrogen-bond acceptors (Lipinski definition) is 5. The number of hydrogen-bond donors (Lipinski definition) is 2. The Morgan fingerprint density at radius 2 is 1.74 bits per heavy atom. The zero-order valence-electron chi connectivity index (χ0n) is 15.8. The van der Waals surface area contributed by atoms with E-state index in [2.05, 4.69) is 10.3 Å². The van der Waals surface area contributed by atoms with Crippen molar-refractivity contribution in [1.29, 1.82) is 0 Å². The standard InChI is InChI=1S/C20H24N2O4S/c1-12-10-13(2)22-20(26)16(12)11-21-19(25)9-6-15(23)5-7-17(24)18-8-4-14(3)27-18/h4,8,10H,5-7,9,11H2,1-3H3,(H,21,25)(H,22,26). The highest BCUT2D eigenvalue weighted by Gasteiger charge is 2.13. The summed E-state index contributed by atoms with van der Waals surface area (Å²) in [5.74, 6) is -0.445. The summed E-state index contributed by atoms with van der Waals surface area (Å²) >= 11 is 1.42. The van der Waals surface area contributed by atoms with Crippen molar-refractivity contribution < 1.29 is 14.4 Å². The summed E-state index contributed by atoms with van der Waals surface area (Å²) < 4.78 is 0. The zero-order chi connectivity index (χ0) is 20.0. The number of ketones is 2. The minimum Gasteiger partial charge on any atom is -0.352 e. The second kappa shape index (κ2) is 9.41. The highest BCUT2D eigenvalue weighted by molar-refractivity contribution is 7.14. The largest absolute Gasteiger partial charge is 0.352 e. The second-order valence-corrected chi connectivity index (χ2v) is 7.88. The minimum absolute atomic E-state index is 0.0417. The highest BCUT2D eigenvalue weighted by Crippen LogP contribution is 2.17. The lowest BCUT2D eigenvalue weighted by Crippen LogP contribution is -2.28. The number of Topliss-reactive ketones (excluding diaryl/α,β-unsaturated/α-hetero) is 2. The average Bonchev–Trinajstić information content (AvgIpc) is 3.03. The van der Waals surface area contributed by atoms with Gasteiger partial charge in [-0.25, -0.2) is 0 Å². The van der Waals surface area contributed by atoms with Gasteiger partial charge in [0.2, 0.25) is 5.91 Å². The molecule has 0 aliphatic carbocycles. The number of pyridine rings is 1. The van der Waals surface area contributed by atoms with Crippen molar-refractivity contribution in [2.75, 3.05) is 0 Å². The molecule has 0 radical (unpaired) electrons. The summed E-state index contributed by atoms with van der Waals surface area (Å²) in [4.78, 5) is 52.2. The van der Waals surface area contributed by atoms with E-state index < -0.39 is 0 Å². The molecule has 2 aromatic heterocycles. The molecule has 0 fully saturated rings. The SMILES string of the molecule is Cc1cc(C)c(CNC(=O)CCC(=O)CCC(=O)c2ccc(C)s2)c(=O)[nH]1. The van der Waals surface area contributed by atoms with Crippen molar-refractivity contribution in [3.63, 3.8) is 0 Å². The Hall–Kier alpha value is -2.54. The van der Waals surface area contributed by atoms with Crippen LogP contribution in [0.25, 0.3) is 0 Å². The molecule has 2 rings (SSSR count). The van der Waals surface area contributed by atoms with Gasteiger partial charge in [-0.2, -0.15) is 0 Å². The van der Waals surface area contributed by atoms with Gasteiger partial charge in [0.15, 0.2) is 5.78 Å². The number of carbonyl (C=O) groups is 3. The zero-order valence-corrected chi connectivity index (χ0v) is 16.6. The Morgan fingerprint density at radius 1 is 1.04 bits per heavy atom. The molecular weight excluding hydrogens is 364 g/mol. The molecule has 2 heterocycles. The molecule has 7 heteroatoms. The fraction of sp³-hybridized carbons (Fsp3) is 0.400. The van der Waals surface area contributed by atoms with E-state index in [-0.39, 0.29) is 55.3 Å². The van der Waals surface area contributed by atoms with Crippen molar-refractivity contribution in [1.82, 2.24) is 10.3 Å². The molecule has 2 N–H and O–H groups in total. The van der Waals surface area contributed by atoms with Gasteiger partial charge < -0.3 is 10.3 Å². The van der Waals surface area contributed by atoms with Gasteiger partial charge >= 0.3 is 0 Å². The van der Waals surface area contributed by atoms with Crippen molar-refractivity contribution >= 4 is 28.8 Å². The van der Waals surface area contributed by atoms with Crippen LogP contribution in [0.4, 0.5) is 0 Å². The summed E-state index contributed by atoms with van der Waals surface area (Å²) in [6.45, 7) is 5.67. The number of amides is 1. The van der Waals surface area contributed by atoms with Gasteiger partial charge in [0, 0.05) is 48.4 Å². The van der Waals surface area contributed by atoms with Crippen molar-refractivity contribution in [3.05, 3.63) is 55.1 Å². The fourth-order valence-electron chi connectivity index (χ4n) is 2.72. The van der Waals surface area contributed by atoms with Gasteiger partial charge in [0.05, 0.1) is 4.88 Å². The van der Waals surface area contributed by atoms with Gasteiger partial charge in [0.1, 0.15) is 5.78 Å². The minimum atomic E-state index is -0.289. The summed E-state index contributed by atoms with van der Waals surface area (Å²) in [5, 5.41) is 2.67. The van der Waals surface area contributed by atoms with E-state index in [1.54, 1.807) is 13.0 Å². The Labute approximate surface area is 162 Å². The molecule has 1 amide bonds. The summed E-state index contributed by atoms with van der Waals surface area (Å²) in [6, 6.07) is 5.50. The normalized spacial score (nSPS) is 10.6. The molecular formula is C20H24N2O4S. The fourth-order valence-corrected chi connectivity index (χ4v) is 3.55. The van der Waals surface area contributed by atoms with E-state index >= 15 is 0 Å². The quantitative estimate of drug-likeness (QED) is 0.646. The summed E-state index contributed by atoms with van der Waals surface area (Å²) in [7, 11) is 0. The smallest absolute Gasteiger partial charge is 0.253 e. The first kappa shape index (κ1) is 20.8. The van der Waals surface area contributed by atoms with Crippen LogP contribution in [-0.2, 0) is 16.1 Å². The number of aromatic amines is 1. The molecule has 0 aliphatic rings. The molecule has 0 saturated carbocycles. The average molecular weight is 388 g/mol. The van der Waals surface area contributed by atoms with Crippen LogP contribution in [0.1, 0.15) is 57.1 Å². The molecule has 0 atom stereocenters. The molecule has 27 heavy (non-hydrogen) atoms. The maximum absolute atomic E-state index is 12.0. The molecule has 0 spiro atoms. The van der Waals surface area contributed by atoms with Gasteiger partial charge in [-0.3, -0.25) is 19.2 Å². The van der Waals surface area contributed by atoms with Gasteiger partial charge in [0.25, 0.3) is 5.56 Å². The number of aromatic nitrogens is 1. The first-order valence-corrected chi connectivity index (χ1v) is 9.65. The molecule has 6 nitrogen and oxygen atoms in total. The van der Waals surface area contributed by atoms with Crippen LogP contribution in [-0.4, -0.2) is 22.5 Å². The molecule has 0 saturated heterocycles. The highest BCUT2D eigenvalue weighted by atomic mass is 32.1. The Bertz CT molecular complexity index is 911. The number of nitrogens with one attached hydrogen (secondary N) is 2. The molecule has 0 bridgehead atoms. The van der Waals surface area contributed by atoms with E-state index in [1.807, 2.05) is 26.0 Å². The molecule has 2 aromatic rings.